The maximum atomic E-state index is 12.1. The Morgan fingerprint density at radius 1 is 0.941 bits per heavy atom. The number of benzene rings is 1. The quantitative estimate of drug-likeness (QED) is 0.609. The van der Waals surface area contributed by atoms with E-state index < -0.39 is 0 Å². The molecule has 0 bridgehead atoms. The van der Waals surface area contributed by atoms with Gasteiger partial charge in [-0.1, -0.05) is 34.8 Å². The number of carbonyl (C=O) groups is 1. The van der Waals surface area contributed by atoms with Gasteiger partial charge >= 0.3 is 0 Å². The second-order valence-corrected chi connectivity index (χ2v) is 4.53. The van der Waals surface area contributed by atoms with Crippen LogP contribution < -0.4 is 0 Å². The maximum absolute atomic E-state index is 12.1. The number of carbonyl (C=O) groups excluding carboxylic acids is 1. The summed E-state index contributed by atoms with van der Waals surface area (Å²) in [5.41, 5.74) is 0.921. The van der Waals surface area contributed by atoms with Gasteiger partial charge in [-0.25, -0.2) is 4.98 Å². The molecular weight excluding hydrogens is 280 g/mol. The van der Waals surface area contributed by atoms with E-state index in [0.29, 0.717) is 21.2 Å². The van der Waals surface area contributed by atoms with Crippen LogP contribution in [0.15, 0.2) is 36.5 Å². The second-order valence-electron chi connectivity index (χ2n) is 3.33. The number of hydrogen-bond acceptors (Lipinski definition) is 2. The molecule has 0 radical (unpaired) electrons. The Labute approximate surface area is 113 Å². The van der Waals surface area contributed by atoms with Crippen molar-refractivity contribution in [3.8, 4) is 0 Å². The van der Waals surface area contributed by atoms with Gasteiger partial charge in [-0.2, -0.15) is 0 Å². The minimum absolute atomic E-state index is 0.173. The molecule has 0 saturated heterocycles. The Morgan fingerprint density at radius 3 is 2.29 bits per heavy atom. The summed E-state index contributed by atoms with van der Waals surface area (Å²) in [7, 11) is 0. The lowest BCUT2D eigenvalue weighted by Gasteiger charge is -2.03. The van der Waals surface area contributed by atoms with Gasteiger partial charge in [0.15, 0.2) is 5.78 Å². The first-order valence-electron chi connectivity index (χ1n) is 4.69. The minimum Gasteiger partial charge on any atom is -0.289 e. The zero-order valence-electron chi connectivity index (χ0n) is 8.45. The molecule has 1 aromatic carbocycles. The predicted molar refractivity (Wildman–Crippen MR) is 69.1 cm³/mol. The molecule has 86 valence electrons. The number of aromatic nitrogens is 1. The third kappa shape index (κ3) is 2.78. The number of halogens is 3. The molecule has 2 nitrogen and oxygen atoms in total. The van der Waals surface area contributed by atoms with Crippen molar-refractivity contribution >= 4 is 40.6 Å². The fraction of sp³-hybridized carbons (Fsp3) is 0. The van der Waals surface area contributed by atoms with E-state index >= 15 is 0 Å². The smallest absolute Gasteiger partial charge is 0.193 e. The van der Waals surface area contributed by atoms with Crippen LogP contribution in [0, 0.1) is 0 Å². The van der Waals surface area contributed by atoms with Crippen molar-refractivity contribution in [3.05, 3.63) is 62.9 Å². The van der Waals surface area contributed by atoms with E-state index in [1.54, 1.807) is 18.2 Å². The summed E-state index contributed by atoms with van der Waals surface area (Å²) < 4.78 is 0. The highest BCUT2D eigenvalue weighted by molar-refractivity contribution is 6.42. The van der Waals surface area contributed by atoms with Crippen molar-refractivity contribution in [3.63, 3.8) is 0 Å². The molecule has 0 unspecified atom stereocenters. The van der Waals surface area contributed by atoms with Crippen LogP contribution in [0.1, 0.15) is 15.9 Å². The zero-order chi connectivity index (χ0) is 12.4. The number of rotatable bonds is 2. The van der Waals surface area contributed by atoms with Gasteiger partial charge in [0.1, 0.15) is 5.15 Å². The molecule has 0 aliphatic carbocycles. The van der Waals surface area contributed by atoms with Crippen LogP contribution in [-0.2, 0) is 0 Å². The third-order valence-electron chi connectivity index (χ3n) is 2.17. The highest BCUT2D eigenvalue weighted by Gasteiger charge is 2.11. The monoisotopic (exact) mass is 285 g/mol. The van der Waals surface area contributed by atoms with Crippen LogP contribution in [0.25, 0.3) is 0 Å². The summed E-state index contributed by atoms with van der Waals surface area (Å²) >= 11 is 17.4. The number of hydrogen-bond donors (Lipinski definition) is 0. The molecule has 0 saturated carbocycles. The average molecular weight is 287 g/mol. The van der Waals surface area contributed by atoms with Gasteiger partial charge in [0.25, 0.3) is 0 Å². The molecule has 0 spiro atoms. The van der Waals surface area contributed by atoms with Crippen LogP contribution in [-0.4, -0.2) is 10.8 Å². The van der Waals surface area contributed by atoms with Crippen LogP contribution >= 0.6 is 34.8 Å². The van der Waals surface area contributed by atoms with Gasteiger partial charge in [0.05, 0.1) is 10.0 Å². The lowest BCUT2D eigenvalue weighted by molar-refractivity contribution is 0.103. The first-order chi connectivity index (χ1) is 8.08. The van der Waals surface area contributed by atoms with E-state index in [4.69, 9.17) is 34.8 Å². The van der Waals surface area contributed by atoms with Crippen molar-refractivity contribution < 1.29 is 4.79 Å². The van der Waals surface area contributed by atoms with Crippen molar-refractivity contribution in [2.24, 2.45) is 0 Å². The molecule has 1 heterocycles. The molecule has 0 N–H and O–H groups in total. The highest BCUT2D eigenvalue weighted by atomic mass is 35.5. The number of pyridine rings is 1. The zero-order valence-corrected chi connectivity index (χ0v) is 10.7. The predicted octanol–water partition coefficient (Wildman–Crippen LogP) is 4.27. The number of nitrogens with zero attached hydrogens (tertiary/aromatic N) is 1. The molecule has 0 atom stereocenters. The van der Waals surface area contributed by atoms with Crippen LogP contribution in [0.5, 0.6) is 0 Å². The minimum atomic E-state index is -0.173. The first kappa shape index (κ1) is 12.4. The maximum Gasteiger partial charge on any atom is 0.193 e. The largest absolute Gasteiger partial charge is 0.289 e. The van der Waals surface area contributed by atoms with E-state index in [0.717, 1.165) is 0 Å². The van der Waals surface area contributed by atoms with Gasteiger partial charge in [-0.05, 0) is 30.3 Å². The summed E-state index contributed by atoms with van der Waals surface area (Å²) in [5.74, 6) is -0.173. The first-order valence-corrected chi connectivity index (χ1v) is 5.82. The van der Waals surface area contributed by atoms with Crippen LogP contribution in [0.2, 0.25) is 15.2 Å². The van der Waals surface area contributed by atoms with Gasteiger partial charge < -0.3 is 0 Å². The second kappa shape index (κ2) is 5.05. The van der Waals surface area contributed by atoms with Crippen molar-refractivity contribution in [1.82, 2.24) is 4.98 Å². The van der Waals surface area contributed by atoms with Crippen molar-refractivity contribution in [2.75, 3.05) is 0 Å². The molecular formula is C12H6Cl3NO. The molecule has 2 rings (SSSR count). The van der Waals surface area contributed by atoms with E-state index in [-0.39, 0.29) is 10.9 Å². The van der Waals surface area contributed by atoms with E-state index in [2.05, 4.69) is 4.98 Å². The average Bonchev–Trinajstić information content (AvgIpc) is 2.32. The Hall–Kier alpha value is -1.09. The molecule has 17 heavy (non-hydrogen) atoms. The Kier molecular flexibility index (Phi) is 3.67. The molecule has 0 amide bonds. The summed E-state index contributed by atoms with van der Waals surface area (Å²) in [4.78, 5) is 15.9. The van der Waals surface area contributed by atoms with E-state index in [9.17, 15) is 4.79 Å². The Bertz CT molecular complexity index is 584. The molecule has 2 aromatic rings. The summed E-state index contributed by atoms with van der Waals surface area (Å²) in [5, 5.41) is 1.03. The molecule has 0 fully saturated rings. The molecule has 1 aromatic heterocycles. The number of ketones is 1. The van der Waals surface area contributed by atoms with Gasteiger partial charge in [-0.3, -0.25) is 4.79 Å². The van der Waals surface area contributed by atoms with E-state index in [1.165, 1.54) is 18.3 Å². The van der Waals surface area contributed by atoms with Gasteiger partial charge in [0.2, 0.25) is 0 Å². The molecule has 0 aliphatic rings. The summed E-state index contributed by atoms with van der Waals surface area (Å²) in [6, 6.07) is 7.83. The topological polar surface area (TPSA) is 30.0 Å². The van der Waals surface area contributed by atoms with Gasteiger partial charge in [0, 0.05) is 17.3 Å². The summed E-state index contributed by atoms with van der Waals surface area (Å²) in [6.45, 7) is 0. The molecule has 0 aliphatic heterocycles. The highest BCUT2D eigenvalue weighted by Crippen LogP contribution is 2.24. The summed E-state index contributed by atoms with van der Waals surface area (Å²) in [6.07, 6.45) is 1.48. The fourth-order valence-corrected chi connectivity index (χ4v) is 1.82. The van der Waals surface area contributed by atoms with Crippen LogP contribution in [0.4, 0.5) is 0 Å². The Balaban J connectivity index is 2.40. The molecule has 5 heteroatoms. The standard InChI is InChI=1S/C12H6Cl3NO/c13-9-2-1-7(5-10(9)14)12(17)8-3-4-16-11(15)6-8/h1-6H. The normalized spacial score (nSPS) is 10.3. The lowest BCUT2D eigenvalue weighted by atomic mass is 10.0. The lowest BCUT2D eigenvalue weighted by Crippen LogP contribution is -2.01. The third-order valence-corrected chi connectivity index (χ3v) is 3.12. The fourth-order valence-electron chi connectivity index (χ4n) is 1.35. The van der Waals surface area contributed by atoms with Crippen molar-refractivity contribution in [2.45, 2.75) is 0 Å². The SMILES string of the molecule is O=C(c1ccnc(Cl)c1)c1ccc(Cl)c(Cl)c1. The van der Waals surface area contributed by atoms with E-state index in [1.807, 2.05) is 0 Å². The van der Waals surface area contributed by atoms with Crippen LogP contribution in [0.3, 0.4) is 0 Å². The van der Waals surface area contributed by atoms with Crippen molar-refractivity contribution in [1.29, 1.82) is 0 Å². The Morgan fingerprint density at radius 2 is 1.65 bits per heavy atom. The van der Waals surface area contributed by atoms with Gasteiger partial charge in [-0.15, -0.1) is 0 Å².